The zero-order chi connectivity index (χ0) is 17.3. The number of aryl methyl sites for hydroxylation is 1. The lowest BCUT2D eigenvalue weighted by Gasteiger charge is -2.16. The molecular weight excluding hydrogens is 368 g/mol. The normalized spacial score (nSPS) is 10.7. The summed E-state index contributed by atoms with van der Waals surface area (Å²) in [6, 6.07) is 7.69. The molecule has 5 nitrogen and oxygen atoms in total. The fourth-order valence-corrected chi connectivity index (χ4v) is 3.03. The molecule has 0 saturated heterocycles. The van der Waals surface area contributed by atoms with Crippen LogP contribution >= 0.6 is 15.9 Å². The van der Waals surface area contributed by atoms with Gasteiger partial charge < -0.3 is 10.5 Å². The fraction of sp³-hybridized carbons (Fsp3) is 0.167. The summed E-state index contributed by atoms with van der Waals surface area (Å²) < 4.78 is 6.01. The second-order valence-corrected chi connectivity index (χ2v) is 6.17. The van der Waals surface area contributed by atoms with Crippen LogP contribution in [0.5, 0.6) is 5.75 Å². The van der Waals surface area contributed by atoms with E-state index < -0.39 is 0 Å². The van der Waals surface area contributed by atoms with Crippen LogP contribution in [0, 0.1) is 13.8 Å². The summed E-state index contributed by atoms with van der Waals surface area (Å²) >= 11 is 3.45. The average molecular weight is 385 g/mol. The molecule has 0 spiro atoms. The van der Waals surface area contributed by atoms with Crippen molar-refractivity contribution in [2.75, 3.05) is 12.8 Å². The van der Waals surface area contributed by atoms with E-state index in [1.165, 1.54) is 0 Å². The number of pyridine rings is 1. The zero-order valence-electron chi connectivity index (χ0n) is 13.7. The van der Waals surface area contributed by atoms with E-state index in [1.807, 2.05) is 38.1 Å². The second-order valence-electron chi connectivity index (χ2n) is 5.42. The lowest BCUT2D eigenvalue weighted by atomic mass is 9.98. The third-order valence-corrected chi connectivity index (χ3v) is 4.52. The van der Waals surface area contributed by atoms with E-state index in [4.69, 9.17) is 15.5 Å². The Morgan fingerprint density at radius 3 is 2.42 bits per heavy atom. The summed E-state index contributed by atoms with van der Waals surface area (Å²) in [5.74, 6) is 1.39. The van der Waals surface area contributed by atoms with Crippen LogP contribution in [-0.4, -0.2) is 22.1 Å². The largest absolute Gasteiger partial charge is 0.496 e. The highest BCUT2D eigenvalue weighted by molar-refractivity contribution is 9.10. The van der Waals surface area contributed by atoms with E-state index in [-0.39, 0.29) is 0 Å². The molecule has 0 aliphatic carbocycles. The quantitative estimate of drug-likeness (QED) is 0.685. The number of hydrogen-bond donors (Lipinski definition) is 1. The smallest absolute Gasteiger partial charge is 0.161 e. The van der Waals surface area contributed by atoms with Crippen molar-refractivity contribution in [2.24, 2.45) is 0 Å². The highest BCUT2D eigenvalue weighted by Gasteiger charge is 2.18. The van der Waals surface area contributed by atoms with Crippen LogP contribution in [0.2, 0.25) is 0 Å². The number of rotatable bonds is 3. The van der Waals surface area contributed by atoms with E-state index in [9.17, 15) is 0 Å². The maximum atomic E-state index is 6.27. The number of methoxy groups -OCH3 is 1. The Kier molecular flexibility index (Phi) is 4.49. The molecule has 6 heteroatoms. The number of nitrogen functional groups attached to an aromatic ring is 1. The van der Waals surface area contributed by atoms with Crippen molar-refractivity contribution in [1.82, 2.24) is 15.0 Å². The van der Waals surface area contributed by atoms with Crippen molar-refractivity contribution in [2.45, 2.75) is 13.8 Å². The van der Waals surface area contributed by atoms with Gasteiger partial charge in [0.15, 0.2) is 5.82 Å². The maximum absolute atomic E-state index is 6.27. The van der Waals surface area contributed by atoms with Gasteiger partial charge in [0.2, 0.25) is 0 Å². The summed E-state index contributed by atoms with van der Waals surface area (Å²) in [6.07, 6.45) is 3.43. The number of nitrogens with two attached hydrogens (primary N) is 1. The van der Waals surface area contributed by atoms with E-state index >= 15 is 0 Å². The van der Waals surface area contributed by atoms with Gasteiger partial charge in [-0.1, -0.05) is 6.07 Å². The molecule has 0 unspecified atom stereocenters. The Bertz CT molecular complexity index is 897. The molecule has 0 bridgehead atoms. The topological polar surface area (TPSA) is 73.9 Å². The number of nitrogens with zero attached hydrogens (tertiary/aromatic N) is 3. The van der Waals surface area contributed by atoms with Crippen molar-refractivity contribution in [3.05, 3.63) is 52.4 Å². The lowest BCUT2D eigenvalue weighted by molar-refractivity contribution is 0.412. The summed E-state index contributed by atoms with van der Waals surface area (Å²) in [6.45, 7) is 4.03. The standard InChI is InChI=1S/C18H17BrN4O/c1-10-4-5-13(24-3)11(2)14(10)16-15(20)17(19)23-18(22-16)12-6-8-21-9-7-12/h4-9H,20H2,1-3H3. The third kappa shape index (κ3) is 2.85. The van der Waals surface area contributed by atoms with Crippen molar-refractivity contribution in [3.63, 3.8) is 0 Å². The third-order valence-electron chi connectivity index (χ3n) is 3.92. The van der Waals surface area contributed by atoms with Crippen LogP contribution in [0.15, 0.2) is 41.3 Å². The van der Waals surface area contributed by atoms with Gasteiger partial charge in [-0.2, -0.15) is 0 Å². The van der Waals surface area contributed by atoms with Crippen LogP contribution in [0.3, 0.4) is 0 Å². The van der Waals surface area contributed by atoms with Crippen molar-refractivity contribution < 1.29 is 4.74 Å². The summed E-state index contributed by atoms with van der Waals surface area (Å²) in [7, 11) is 1.66. The predicted octanol–water partition coefficient (Wildman–Crippen LogP) is 4.18. The van der Waals surface area contributed by atoms with Crippen molar-refractivity contribution in [3.8, 4) is 28.4 Å². The molecule has 2 N–H and O–H groups in total. The molecule has 122 valence electrons. The Hall–Kier alpha value is -2.47. The molecule has 0 aliphatic heterocycles. The van der Waals surface area contributed by atoms with Gasteiger partial charge >= 0.3 is 0 Å². The molecule has 0 aliphatic rings. The van der Waals surface area contributed by atoms with Gasteiger partial charge in [0, 0.05) is 29.1 Å². The molecule has 2 aromatic heterocycles. The number of ether oxygens (including phenoxy) is 1. The monoisotopic (exact) mass is 384 g/mol. The molecule has 0 saturated carbocycles. The summed E-state index contributed by atoms with van der Waals surface area (Å²) in [5, 5.41) is 0. The predicted molar refractivity (Wildman–Crippen MR) is 98.8 cm³/mol. The average Bonchev–Trinajstić information content (AvgIpc) is 2.59. The lowest BCUT2D eigenvalue weighted by Crippen LogP contribution is -2.03. The van der Waals surface area contributed by atoms with E-state index in [1.54, 1.807) is 19.5 Å². The highest BCUT2D eigenvalue weighted by atomic mass is 79.9. The van der Waals surface area contributed by atoms with E-state index in [2.05, 4.69) is 25.9 Å². The molecule has 3 rings (SSSR count). The SMILES string of the molecule is COc1ccc(C)c(-c2nc(-c3ccncc3)nc(Br)c2N)c1C. The number of hydrogen-bond acceptors (Lipinski definition) is 5. The van der Waals surface area contributed by atoms with Gasteiger partial charge in [-0.3, -0.25) is 4.98 Å². The van der Waals surface area contributed by atoms with Gasteiger partial charge in [0.05, 0.1) is 18.5 Å². The van der Waals surface area contributed by atoms with Crippen LogP contribution < -0.4 is 10.5 Å². The Labute approximate surface area is 149 Å². The molecule has 0 amide bonds. The van der Waals surface area contributed by atoms with Crippen LogP contribution in [-0.2, 0) is 0 Å². The Morgan fingerprint density at radius 1 is 1.04 bits per heavy atom. The molecule has 3 aromatic rings. The van der Waals surface area contributed by atoms with Gasteiger partial charge in [0.1, 0.15) is 10.4 Å². The number of benzene rings is 1. The minimum Gasteiger partial charge on any atom is -0.496 e. The van der Waals surface area contributed by atoms with Gasteiger partial charge in [-0.25, -0.2) is 9.97 Å². The highest BCUT2D eigenvalue weighted by Crippen LogP contribution is 2.38. The van der Waals surface area contributed by atoms with Crippen molar-refractivity contribution in [1.29, 1.82) is 0 Å². The fourth-order valence-electron chi connectivity index (χ4n) is 2.68. The summed E-state index contributed by atoms with van der Waals surface area (Å²) in [4.78, 5) is 13.2. The minimum atomic E-state index is 0.507. The molecule has 0 fully saturated rings. The van der Waals surface area contributed by atoms with Crippen LogP contribution in [0.1, 0.15) is 11.1 Å². The first-order valence-electron chi connectivity index (χ1n) is 7.41. The van der Waals surface area contributed by atoms with E-state index in [0.717, 1.165) is 28.0 Å². The van der Waals surface area contributed by atoms with Crippen molar-refractivity contribution >= 4 is 21.6 Å². The Balaban J connectivity index is 2.28. The summed E-state index contributed by atoms with van der Waals surface area (Å²) in [5.41, 5.74) is 11.4. The molecule has 1 aromatic carbocycles. The van der Waals surface area contributed by atoms with Gasteiger partial charge in [-0.05, 0) is 53.5 Å². The van der Waals surface area contributed by atoms with Crippen LogP contribution in [0.25, 0.3) is 22.6 Å². The Morgan fingerprint density at radius 2 is 1.75 bits per heavy atom. The molecule has 0 radical (unpaired) electrons. The van der Waals surface area contributed by atoms with Gasteiger partial charge in [-0.15, -0.1) is 0 Å². The second kappa shape index (κ2) is 6.57. The maximum Gasteiger partial charge on any atom is 0.161 e. The minimum absolute atomic E-state index is 0.507. The van der Waals surface area contributed by atoms with E-state index in [0.29, 0.717) is 21.8 Å². The number of halogens is 1. The molecule has 24 heavy (non-hydrogen) atoms. The zero-order valence-corrected chi connectivity index (χ0v) is 15.3. The number of anilines is 1. The van der Waals surface area contributed by atoms with Gasteiger partial charge in [0.25, 0.3) is 0 Å². The molecular formula is C18H17BrN4O. The number of aromatic nitrogens is 3. The first kappa shape index (κ1) is 16.4. The first-order valence-corrected chi connectivity index (χ1v) is 8.20. The molecule has 0 atom stereocenters. The first-order chi connectivity index (χ1) is 11.5. The molecule has 2 heterocycles. The van der Waals surface area contributed by atoms with Crippen LogP contribution in [0.4, 0.5) is 5.69 Å².